The van der Waals surface area contributed by atoms with Gasteiger partial charge in [0.2, 0.25) is 5.91 Å². The summed E-state index contributed by atoms with van der Waals surface area (Å²) in [5, 5.41) is 3.64. The van der Waals surface area contributed by atoms with Crippen LogP contribution in [0.1, 0.15) is 25.9 Å². The molecule has 1 aromatic heterocycles. The number of likely N-dealkylation sites (N-methyl/N-ethyl adjacent to an activating group) is 1. The van der Waals surface area contributed by atoms with Gasteiger partial charge in [0.25, 0.3) is 5.91 Å². The summed E-state index contributed by atoms with van der Waals surface area (Å²) in [6.07, 6.45) is 0.884. The Hall–Kier alpha value is -2.25. The van der Waals surface area contributed by atoms with Gasteiger partial charge in [-0.3, -0.25) is 14.5 Å². The first kappa shape index (κ1) is 19.5. The van der Waals surface area contributed by atoms with Gasteiger partial charge in [0.05, 0.1) is 10.7 Å². The standard InChI is InChI=1S/C20H26N4O2S/c1-14-18(27-15(2)22-14)20(26)24-12-11-23(17(13-24)19(25)21-3)10-9-16-7-5-4-6-8-16/h4-8,17H,9-13H2,1-3H3,(H,21,25)/t17-/m0/s1. The van der Waals surface area contributed by atoms with Crippen LogP contribution in [0.3, 0.4) is 0 Å². The van der Waals surface area contributed by atoms with Crippen LogP contribution in [0.5, 0.6) is 0 Å². The lowest BCUT2D eigenvalue weighted by Gasteiger charge is -2.40. The Morgan fingerprint density at radius 3 is 2.59 bits per heavy atom. The Labute approximate surface area is 164 Å². The molecule has 0 bridgehead atoms. The van der Waals surface area contributed by atoms with Crippen LogP contribution in [-0.4, -0.2) is 65.9 Å². The highest BCUT2D eigenvalue weighted by Crippen LogP contribution is 2.21. The van der Waals surface area contributed by atoms with Crippen LogP contribution in [0.15, 0.2) is 30.3 Å². The van der Waals surface area contributed by atoms with E-state index in [4.69, 9.17) is 0 Å². The Bertz CT molecular complexity index is 806. The molecule has 1 atom stereocenters. The molecule has 1 N–H and O–H groups in total. The van der Waals surface area contributed by atoms with E-state index < -0.39 is 0 Å². The number of hydrogen-bond donors (Lipinski definition) is 1. The van der Waals surface area contributed by atoms with E-state index in [9.17, 15) is 9.59 Å². The zero-order valence-electron chi connectivity index (χ0n) is 16.1. The SMILES string of the molecule is CNC(=O)[C@@H]1CN(C(=O)c2sc(C)nc2C)CCN1CCc1ccccc1. The minimum Gasteiger partial charge on any atom is -0.358 e. The highest BCUT2D eigenvalue weighted by molar-refractivity contribution is 7.13. The monoisotopic (exact) mass is 386 g/mol. The zero-order chi connectivity index (χ0) is 19.4. The molecule has 1 aliphatic rings. The van der Waals surface area contributed by atoms with Gasteiger partial charge in [0, 0.05) is 33.2 Å². The van der Waals surface area contributed by atoms with Crippen LogP contribution in [0.4, 0.5) is 0 Å². The topological polar surface area (TPSA) is 65.5 Å². The number of aromatic nitrogens is 1. The fourth-order valence-corrected chi connectivity index (χ4v) is 4.37. The number of nitrogens with zero attached hydrogens (tertiary/aromatic N) is 3. The van der Waals surface area contributed by atoms with E-state index in [-0.39, 0.29) is 17.9 Å². The molecule has 1 saturated heterocycles. The van der Waals surface area contributed by atoms with Crippen LogP contribution in [0.2, 0.25) is 0 Å². The first-order valence-corrected chi connectivity index (χ1v) is 10.0. The first-order chi connectivity index (χ1) is 13.0. The summed E-state index contributed by atoms with van der Waals surface area (Å²) in [6.45, 7) is 6.28. The average molecular weight is 387 g/mol. The highest BCUT2D eigenvalue weighted by Gasteiger charge is 2.34. The highest BCUT2D eigenvalue weighted by atomic mass is 32.1. The van der Waals surface area contributed by atoms with E-state index in [2.05, 4.69) is 27.3 Å². The van der Waals surface area contributed by atoms with Crippen LogP contribution in [0, 0.1) is 13.8 Å². The molecule has 0 unspecified atom stereocenters. The molecule has 0 radical (unpaired) electrons. The van der Waals surface area contributed by atoms with Gasteiger partial charge in [-0.25, -0.2) is 4.98 Å². The van der Waals surface area contributed by atoms with E-state index in [1.165, 1.54) is 16.9 Å². The van der Waals surface area contributed by atoms with Crippen molar-refractivity contribution in [2.75, 3.05) is 33.2 Å². The third-order valence-corrected chi connectivity index (χ3v) is 6.02. The number of hydrogen-bond acceptors (Lipinski definition) is 5. The molecule has 144 valence electrons. The van der Waals surface area contributed by atoms with Crippen molar-refractivity contribution in [3.05, 3.63) is 51.5 Å². The Kier molecular flexibility index (Phi) is 6.23. The molecule has 1 aliphatic heterocycles. The summed E-state index contributed by atoms with van der Waals surface area (Å²) >= 11 is 1.42. The number of carbonyl (C=O) groups excluding carboxylic acids is 2. The van der Waals surface area contributed by atoms with Gasteiger partial charge in [0.15, 0.2) is 0 Å². The van der Waals surface area contributed by atoms with E-state index in [0.29, 0.717) is 24.5 Å². The molecular weight excluding hydrogens is 360 g/mol. The lowest BCUT2D eigenvalue weighted by atomic mass is 10.1. The van der Waals surface area contributed by atoms with E-state index in [1.54, 1.807) is 11.9 Å². The molecule has 1 fully saturated rings. The van der Waals surface area contributed by atoms with Gasteiger partial charge in [-0.2, -0.15) is 0 Å². The smallest absolute Gasteiger partial charge is 0.265 e. The van der Waals surface area contributed by atoms with Gasteiger partial charge in [-0.15, -0.1) is 11.3 Å². The molecule has 0 spiro atoms. The number of piperazine rings is 1. The van der Waals surface area contributed by atoms with Crippen molar-refractivity contribution < 1.29 is 9.59 Å². The fraction of sp³-hybridized carbons (Fsp3) is 0.450. The fourth-order valence-electron chi connectivity index (χ4n) is 3.48. The van der Waals surface area contributed by atoms with Crippen LogP contribution >= 0.6 is 11.3 Å². The predicted molar refractivity (Wildman–Crippen MR) is 107 cm³/mol. The number of thiazole rings is 1. The lowest BCUT2D eigenvalue weighted by molar-refractivity contribution is -0.127. The van der Waals surface area contributed by atoms with Crippen molar-refractivity contribution in [1.82, 2.24) is 20.1 Å². The number of rotatable bonds is 5. The molecule has 0 saturated carbocycles. The molecule has 1 aromatic carbocycles. The molecule has 2 aromatic rings. The molecule has 6 nitrogen and oxygen atoms in total. The van der Waals surface area contributed by atoms with Crippen molar-refractivity contribution in [2.45, 2.75) is 26.3 Å². The average Bonchev–Trinajstić information content (AvgIpc) is 3.03. The largest absolute Gasteiger partial charge is 0.358 e. The number of amides is 2. The molecular formula is C20H26N4O2S. The maximum absolute atomic E-state index is 12.9. The lowest BCUT2D eigenvalue weighted by Crippen LogP contribution is -2.60. The maximum Gasteiger partial charge on any atom is 0.265 e. The second-order valence-electron chi connectivity index (χ2n) is 6.80. The quantitative estimate of drug-likeness (QED) is 0.852. The summed E-state index contributed by atoms with van der Waals surface area (Å²) in [6, 6.07) is 9.94. The van der Waals surface area contributed by atoms with E-state index in [1.807, 2.05) is 32.0 Å². The van der Waals surface area contributed by atoms with Crippen molar-refractivity contribution in [1.29, 1.82) is 0 Å². The Morgan fingerprint density at radius 2 is 1.96 bits per heavy atom. The number of nitrogens with one attached hydrogen (secondary N) is 1. The molecule has 7 heteroatoms. The second kappa shape index (κ2) is 8.63. The predicted octanol–water partition coefficient (Wildman–Crippen LogP) is 1.88. The normalized spacial score (nSPS) is 17.7. The minimum atomic E-state index is -0.328. The summed E-state index contributed by atoms with van der Waals surface area (Å²) in [5.74, 6) is -0.0625. The van der Waals surface area contributed by atoms with Crippen molar-refractivity contribution in [2.24, 2.45) is 0 Å². The van der Waals surface area contributed by atoms with Gasteiger partial charge < -0.3 is 10.2 Å². The van der Waals surface area contributed by atoms with Crippen molar-refractivity contribution in [3.63, 3.8) is 0 Å². The van der Waals surface area contributed by atoms with Crippen LogP contribution in [0.25, 0.3) is 0 Å². The summed E-state index contributed by atoms with van der Waals surface area (Å²) in [7, 11) is 1.65. The summed E-state index contributed by atoms with van der Waals surface area (Å²) in [4.78, 5) is 34.4. The summed E-state index contributed by atoms with van der Waals surface area (Å²) < 4.78 is 0. The molecule has 3 rings (SSSR count). The maximum atomic E-state index is 12.9. The van der Waals surface area contributed by atoms with Gasteiger partial charge in [0.1, 0.15) is 10.9 Å². The van der Waals surface area contributed by atoms with Crippen molar-refractivity contribution >= 4 is 23.2 Å². The summed E-state index contributed by atoms with van der Waals surface area (Å²) in [5.41, 5.74) is 2.02. The first-order valence-electron chi connectivity index (χ1n) is 9.22. The molecule has 2 amide bonds. The zero-order valence-corrected chi connectivity index (χ0v) is 16.9. The number of carbonyl (C=O) groups is 2. The van der Waals surface area contributed by atoms with Crippen molar-refractivity contribution in [3.8, 4) is 0 Å². The molecule has 2 heterocycles. The van der Waals surface area contributed by atoms with Gasteiger partial charge in [-0.1, -0.05) is 30.3 Å². The van der Waals surface area contributed by atoms with Gasteiger partial charge in [-0.05, 0) is 25.8 Å². The minimum absolute atomic E-state index is 0.0188. The molecule has 0 aliphatic carbocycles. The number of aryl methyl sites for hydroxylation is 2. The van der Waals surface area contributed by atoms with Gasteiger partial charge >= 0.3 is 0 Å². The third kappa shape index (κ3) is 4.54. The Morgan fingerprint density at radius 1 is 1.22 bits per heavy atom. The van der Waals surface area contributed by atoms with Crippen LogP contribution in [-0.2, 0) is 11.2 Å². The second-order valence-corrected chi connectivity index (χ2v) is 8.00. The third-order valence-electron chi connectivity index (χ3n) is 4.96. The van der Waals surface area contributed by atoms with Crippen LogP contribution < -0.4 is 5.32 Å². The van der Waals surface area contributed by atoms with E-state index in [0.717, 1.165) is 23.7 Å². The number of benzene rings is 1. The van der Waals surface area contributed by atoms with E-state index >= 15 is 0 Å². The Balaban J connectivity index is 1.69. The molecule has 27 heavy (non-hydrogen) atoms.